The summed E-state index contributed by atoms with van der Waals surface area (Å²) in [6.45, 7) is -0.381. The van der Waals surface area contributed by atoms with Gasteiger partial charge in [0.1, 0.15) is 17.3 Å². The number of rotatable bonds is 2. The Morgan fingerprint density at radius 1 is 1.05 bits per heavy atom. The maximum atomic E-state index is 13.8. The molecule has 3 rings (SSSR count). The number of anilines is 2. The summed E-state index contributed by atoms with van der Waals surface area (Å²) in [7, 11) is -4.14. The van der Waals surface area contributed by atoms with E-state index in [1.807, 2.05) is 0 Å². The van der Waals surface area contributed by atoms with Crippen molar-refractivity contribution < 1.29 is 17.6 Å². The van der Waals surface area contributed by atoms with E-state index in [0.29, 0.717) is 11.4 Å². The molecule has 5 nitrogen and oxygen atoms in total. The van der Waals surface area contributed by atoms with Gasteiger partial charge in [-0.05, 0) is 24.3 Å². The molecule has 0 saturated heterocycles. The van der Waals surface area contributed by atoms with Crippen molar-refractivity contribution >= 4 is 27.3 Å². The molecule has 0 spiro atoms. The van der Waals surface area contributed by atoms with Crippen molar-refractivity contribution in [3.05, 3.63) is 54.3 Å². The Morgan fingerprint density at radius 3 is 2.48 bits per heavy atom. The Morgan fingerprint density at radius 2 is 1.71 bits per heavy atom. The topological polar surface area (TPSA) is 66.5 Å². The fraction of sp³-hybridized carbons (Fsp3) is 0.0714. The molecule has 0 atom stereocenters. The highest BCUT2D eigenvalue weighted by Crippen LogP contribution is 2.33. The number of nitrogens with zero attached hydrogens (tertiary/aromatic N) is 1. The second-order valence-electron chi connectivity index (χ2n) is 4.51. The molecule has 1 aliphatic heterocycles. The molecular formula is C14H11FN2O3S. The molecule has 0 radical (unpaired) electrons. The van der Waals surface area contributed by atoms with E-state index in [9.17, 15) is 17.6 Å². The Balaban J connectivity index is 2.16. The maximum Gasteiger partial charge on any atom is 0.267 e. The maximum absolute atomic E-state index is 13.8. The number of benzene rings is 2. The van der Waals surface area contributed by atoms with E-state index in [1.165, 1.54) is 18.2 Å². The SMILES string of the molecule is O=C1CN(S(=O)(=O)c2ccccc2F)c2ccccc2N1. The first kappa shape index (κ1) is 13.6. The second-order valence-corrected chi connectivity index (χ2v) is 6.34. The first-order valence-corrected chi connectivity index (χ1v) is 7.60. The first-order chi connectivity index (χ1) is 10.00. The number of fused-ring (bicyclic) bond motifs is 1. The van der Waals surface area contributed by atoms with Crippen LogP contribution in [0.5, 0.6) is 0 Å². The van der Waals surface area contributed by atoms with Crippen LogP contribution in [0.3, 0.4) is 0 Å². The number of carbonyl (C=O) groups excluding carboxylic acids is 1. The minimum atomic E-state index is -4.14. The number of sulfonamides is 1. The van der Waals surface area contributed by atoms with Gasteiger partial charge < -0.3 is 5.32 Å². The van der Waals surface area contributed by atoms with E-state index >= 15 is 0 Å². The lowest BCUT2D eigenvalue weighted by molar-refractivity contribution is -0.115. The highest BCUT2D eigenvalue weighted by molar-refractivity contribution is 7.92. The van der Waals surface area contributed by atoms with Crippen molar-refractivity contribution in [2.45, 2.75) is 4.90 Å². The molecule has 108 valence electrons. The molecule has 0 aromatic heterocycles. The van der Waals surface area contributed by atoms with E-state index in [4.69, 9.17) is 0 Å². The van der Waals surface area contributed by atoms with Crippen molar-refractivity contribution in [3.8, 4) is 0 Å². The van der Waals surface area contributed by atoms with Gasteiger partial charge in [-0.25, -0.2) is 12.8 Å². The van der Waals surface area contributed by atoms with Gasteiger partial charge in [-0.2, -0.15) is 0 Å². The van der Waals surface area contributed by atoms with E-state index in [-0.39, 0.29) is 6.54 Å². The lowest BCUT2D eigenvalue weighted by Crippen LogP contribution is -2.42. The van der Waals surface area contributed by atoms with Gasteiger partial charge in [0.05, 0.1) is 11.4 Å². The lowest BCUT2D eigenvalue weighted by atomic mass is 10.2. The lowest BCUT2D eigenvalue weighted by Gasteiger charge is -2.30. The molecule has 2 aromatic carbocycles. The van der Waals surface area contributed by atoms with Crippen molar-refractivity contribution in [2.75, 3.05) is 16.2 Å². The molecule has 7 heteroatoms. The molecule has 0 unspecified atom stereocenters. The molecule has 1 amide bonds. The van der Waals surface area contributed by atoms with Gasteiger partial charge in [0.25, 0.3) is 10.0 Å². The van der Waals surface area contributed by atoms with Gasteiger partial charge in [0, 0.05) is 0 Å². The Hall–Kier alpha value is -2.41. The van der Waals surface area contributed by atoms with Crippen LogP contribution in [-0.2, 0) is 14.8 Å². The number of para-hydroxylation sites is 2. The third kappa shape index (κ3) is 2.25. The van der Waals surface area contributed by atoms with Crippen LogP contribution in [0.15, 0.2) is 53.4 Å². The monoisotopic (exact) mass is 306 g/mol. The summed E-state index contributed by atoms with van der Waals surface area (Å²) < 4.78 is 40.0. The van der Waals surface area contributed by atoms with Crippen LogP contribution in [0.1, 0.15) is 0 Å². The van der Waals surface area contributed by atoms with Gasteiger partial charge in [0.2, 0.25) is 5.91 Å². The molecule has 1 heterocycles. The van der Waals surface area contributed by atoms with Crippen LogP contribution < -0.4 is 9.62 Å². The van der Waals surface area contributed by atoms with E-state index in [1.54, 1.807) is 24.3 Å². The van der Waals surface area contributed by atoms with Crippen LogP contribution in [0.2, 0.25) is 0 Å². The Bertz CT molecular complexity index is 820. The predicted octanol–water partition coefficient (Wildman–Crippen LogP) is 1.97. The first-order valence-electron chi connectivity index (χ1n) is 6.16. The third-order valence-electron chi connectivity index (χ3n) is 3.14. The van der Waals surface area contributed by atoms with Crippen LogP contribution in [-0.4, -0.2) is 20.9 Å². The summed E-state index contributed by atoms with van der Waals surface area (Å²) >= 11 is 0. The smallest absolute Gasteiger partial charge is 0.267 e. The van der Waals surface area contributed by atoms with Crippen LogP contribution in [0, 0.1) is 5.82 Å². The minimum Gasteiger partial charge on any atom is -0.323 e. The summed E-state index contributed by atoms with van der Waals surface area (Å²) in [5, 5.41) is 2.59. The van der Waals surface area contributed by atoms with Crippen LogP contribution in [0.4, 0.5) is 15.8 Å². The van der Waals surface area contributed by atoms with Crippen LogP contribution >= 0.6 is 0 Å². The van der Waals surface area contributed by atoms with Gasteiger partial charge in [-0.15, -0.1) is 0 Å². The molecule has 0 aliphatic carbocycles. The number of hydrogen-bond acceptors (Lipinski definition) is 3. The molecular weight excluding hydrogens is 295 g/mol. The number of carbonyl (C=O) groups is 1. The summed E-state index contributed by atoms with van der Waals surface area (Å²) in [6.07, 6.45) is 0. The van der Waals surface area contributed by atoms with Crippen molar-refractivity contribution in [3.63, 3.8) is 0 Å². The van der Waals surface area contributed by atoms with E-state index in [2.05, 4.69) is 5.32 Å². The standard InChI is InChI=1S/C14H11FN2O3S/c15-10-5-1-4-8-13(10)21(19,20)17-9-14(18)16-11-6-2-3-7-12(11)17/h1-8H,9H2,(H,16,18). The molecule has 1 aliphatic rings. The number of nitrogens with one attached hydrogen (secondary N) is 1. The number of halogens is 1. The Labute approximate surface area is 121 Å². The van der Waals surface area contributed by atoms with Gasteiger partial charge in [0.15, 0.2) is 0 Å². The molecule has 2 aromatic rings. The van der Waals surface area contributed by atoms with Crippen molar-refractivity contribution in [1.29, 1.82) is 0 Å². The zero-order valence-electron chi connectivity index (χ0n) is 10.8. The van der Waals surface area contributed by atoms with Gasteiger partial charge in [-0.1, -0.05) is 24.3 Å². The molecule has 1 N–H and O–H groups in total. The summed E-state index contributed by atoms with van der Waals surface area (Å²) in [6, 6.07) is 11.6. The van der Waals surface area contributed by atoms with Crippen molar-refractivity contribution in [2.24, 2.45) is 0 Å². The summed E-state index contributed by atoms with van der Waals surface area (Å²) in [5.74, 6) is -1.31. The average Bonchev–Trinajstić information content (AvgIpc) is 2.46. The summed E-state index contributed by atoms with van der Waals surface area (Å²) in [5.41, 5.74) is 0.703. The number of amides is 1. The average molecular weight is 306 g/mol. The largest absolute Gasteiger partial charge is 0.323 e. The van der Waals surface area contributed by atoms with Gasteiger partial charge in [-0.3, -0.25) is 9.10 Å². The zero-order valence-corrected chi connectivity index (χ0v) is 11.6. The number of hydrogen-bond donors (Lipinski definition) is 1. The van der Waals surface area contributed by atoms with E-state index < -0.39 is 26.6 Å². The summed E-state index contributed by atoms with van der Waals surface area (Å²) in [4.78, 5) is 11.2. The highest BCUT2D eigenvalue weighted by Gasteiger charge is 2.33. The van der Waals surface area contributed by atoms with Gasteiger partial charge >= 0.3 is 0 Å². The zero-order chi connectivity index (χ0) is 15.0. The Kier molecular flexibility index (Phi) is 3.13. The minimum absolute atomic E-state index is 0.320. The highest BCUT2D eigenvalue weighted by atomic mass is 32.2. The fourth-order valence-electron chi connectivity index (χ4n) is 2.19. The van der Waals surface area contributed by atoms with Crippen molar-refractivity contribution in [1.82, 2.24) is 0 Å². The molecule has 0 saturated carbocycles. The predicted molar refractivity (Wildman–Crippen MR) is 76.0 cm³/mol. The molecule has 0 bridgehead atoms. The van der Waals surface area contributed by atoms with E-state index in [0.717, 1.165) is 10.4 Å². The van der Waals surface area contributed by atoms with Crippen LogP contribution in [0.25, 0.3) is 0 Å². The fourth-order valence-corrected chi connectivity index (χ4v) is 3.70. The normalized spacial score (nSPS) is 14.5. The second kappa shape index (κ2) is 4.85. The third-order valence-corrected chi connectivity index (χ3v) is 4.93. The molecule has 21 heavy (non-hydrogen) atoms. The quantitative estimate of drug-likeness (QED) is 0.922. The molecule has 0 fully saturated rings.